The Morgan fingerprint density at radius 3 is 2.58 bits per heavy atom. The number of nitrogens with zero attached hydrogens (tertiary/aromatic N) is 2. The van der Waals surface area contributed by atoms with Crippen molar-refractivity contribution in [1.29, 1.82) is 0 Å². The second-order valence-electron chi connectivity index (χ2n) is 8.83. The molecule has 0 spiro atoms. The lowest BCUT2D eigenvalue weighted by atomic mass is 9.99. The molecule has 7 heteroatoms. The summed E-state index contributed by atoms with van der Waals surface area (Å²) < 4.78 is 11.1. The van der Waals surface area contributed by atoms with Crippen molar-refractivity contribution >= 4 is 27.5 Å². The van der Waals surface area contributed by atoms with Crippen molar-refractivity contribution in [2.75, 3.05) is 0 Å². The Bertz CT molecular complexity index is 1270. The third-order valence-electron chi connectivity index (χ3n) is 6.05. The van der Waals surface area contributed by atoms with E-state index in [0.717, 1.165) is 51.9 Å². The lowest BCUT2D eigenvalue weighted by Crippen LogP contribution is -2.44. The lowest BCUT2D eigenvalue weighted by Gasteiger charge is -2.32. The minimum absolute atomic E-state index is 0.105. The van der Waals surface area contributed by atoms with Gasteiger partial charge in [0, 0.05) is 23.9 Å². The molecule has 0 bridgehead atoms. The number of ether oxygens (including phenoxy) is 1. The molecule has 170 valence electrons. The van der Waals surface area contributed by atoms with Crippen LogP contribution in [0.4, 0.5) is 0 Å². The number of fused-ring (bicyclic) bond motifs is 1. The summed E-state index contributed by atoms with van der Waals surface area (Å²) >= 11 is 1.56. The highest BCUT2D eigenvalue weighted by Crippen LogP contribution is 2.27. The molecule has 1 aliphatic heterocycles. The Balaban J connectivity index is 1.37. The van der Waals surface area contributed by atoms with Crippen molar-refractivity contribution in [1.82, 2.24) is 15.3 Å². The third-order valence-corrected chi connectivity index (χ3v) is 6.86. The molecule has 33 heavy (non-hydrogen) atoms. The zero-order chi connectivity index (χ0) is 22.9. The molecule has 6 nitrogen and oxygen atoms in total. The van der Waals surface area contributed by atoms with Gasteiger partial charge in [0.15, 0.2) is 5.89 Å². The molecule has 1 aliphatic rings. The minimum atomic E-state index is -0.116. The van der Waals surface area contributed by atoms with Crippen LogP contribution < -0.4 is 5.32 Å². The summed E-state index contributed by atoms with van der Waals surface area (Å²) in [5.74, 6) is 0.538. The van der Waals surface area contributed by atoms with E-state index >= 15 is 0 Å². The Labute approximate surface area is 197 Å². The maximum Gasteiger partial charge on any atom is 0.270 e. The second-order valence-corrected chi connectivity index (χ2v) is 9.73. The third kappa shape index (κ3) is 4.84. The van der Waals surface area contributed by atoms with E-state index in [1.165, 1.54) is 0 Å². The Hall–Kier alpha value is -3.03. The molecule has 2 atom stereocenters. The van der Waals surface area contributed by atoms with Gasteiger partial charge in [0.2, 0.25) is 0 Å². The number of carbonyl (C=O) groups is 1. The molecule has 0 aliphatic carbocycles. The number of aryl methyl sites for hydroxylation is 1. The van der Waals surface area contributed by atoms with Gasteiger partial charge in [0.1, 0.15) is 22.5 Å². The number of hydrogen-bond acceptors (Lipinski definition) is 6. The highest BCUT2D eigenvalue weighted by molar-refractivity contribution is 7.16. The molecule has 0 saturated carbocycles. The van der Waals surface area contributed by atoms with Crippen LogP contribution in [0.1, 0.15) is 54.2 Å². The van der Waals surface area contributed by atoms with Crippen LogP contribution in [0, 0.1) is 6.92 Å². The quantitative estimate of drug-likeness (QED) is 0.422. The standard InChI is InChI=1S/C26H27N3O3S/c1-15-10-21(11-16(2)32-15)28-25(30)23-13-20(22-8-9-33-26(22)29-23)12-18-4-6-19(7-5-18)24-14-31-17(3)27-24/h4-9,13-16,21H,10-12H2,1-3H3,(H,28,30). The van der Waals surface area contributed by atoms with E-state index in [1.54, 1.807) is 17.6 Å². The monoisotopic (exact) mass is 461 g/mol. The predicted molar refractivity (Wildman–Crippen MR) is 130 cm³/mol. The van der Waals surface area contributed by atoms with E-state index < -0.39 is 0 Å². The first-order valence-electron chi connectivity index (χ1n) is 11.3. The van der Waals surface area contributed by atoms with E-state index in [4.69, 9.17) is 9.15 Å². The first-order chi connectivity index (χ1) is 15.9. The number of thiophene rings is 1. The van der Waals surface area contributed by atoms with E-state index in [-0.39, 0.29) is 24.2 Å². The molecule has 1 saturated heterocycles. The molecule has 2 unspecified atom stereocenters. The Kier molecular flexibility index (Phi) is 6.00. The zero-order valence-corrected chi connectivity index (χ0v) is 19.8. The molecule has 1 aromatic carbocycles. The van der Waals surface area contributed by atoms with Crippen LogP contribution in [0.3, 0.4) is 0 Å². The molecule has 1 fully saturated rings. The molecule has 1 N–H and O–H groups in total. The van der Waals surface area contributed by atoms with Crippen LogP contribution in [0.15, 0.2) is 52.5 Å². The normalized spacial score (nSPS) is 20.8. The summed E-state index contributed by atoms with van der Waals surface area (Å²) in [6.45, 7) is 5.94. The average Bonchev–Trinajstić information content (AvgIpc) is 3.42. The highest BCUT2D eigenvalue weighted by Gasteiger charge is 2.26. The minimum Gasteiger partial charge on any atom is -0.449 e. The van der Waals surface area contributed by atoms with Gasteiger partial charge in [0.25, 0.3) is 5.91 Å². The maximum absolute atomic E-state index is 13.1. The van der Waals surface area contributed by atoms with Gasteiger partial charge in [-0.25, -0.2) is 9.97 Å². The average molecular weight is 462 g/mol. The number of nitrogens with one attached hydrogen (secondary N) is 1. The Morgan fingerprint density at radius 2 is 1.88 bits per heavy atom. The predicted octanol–water partition coefficient (Wildman–Crippen LogP) is 5.54. The summed E-state index contributed by atoms with van der Waals surface area (Å²) in [6, 6.07) is 12.4. The van der Waals surface area contributed by atoms with Gasteiger partial charge >= 0.3 is 0 Å². The van der Waals surface area contributed by atoms with Crippen LogP contribution in [0.2, 0.25) is 0 Å². The van der Waals surface area contributed by atoms with E-state index in [1.807, 2.05) is 18.4 Å². The number of hydrogen-bond donors (Lipinski definition) is 1. The summed E-state index contributed by atoms with van der Waals surface area (Å²) in [7, 11) is 0. The number of carbonyl (C=O) groups excluding carboxylic acids is 1. The fourth-order valence-electron chi connectivity index (χ4n) is 4.57. The zero-order valence-electron chi connectivity index (χ0n) is 19.0. The fraction of sp³-hybridized carbons (Fsp3) is 0.346. The van der Waals surface area contributed by atoms with Gasteiger partial charge in [-0.15, -0.1) is 11.3 Å². The van der Waals surface area contributed by atoms with Crippen LogP contribution in [0.25, 0.3) is 21.5 Å². The van der Waals surface area contributed by atoms with Crippen LogP contribution in [0.5, 0.6) is 0 Å². The highest BCUT2D eigenvalue weighted by atomic mass is 32.1. The van der Waals surface area contributed by atoms with Gasteiger partial charge in [-0.3, -0.25) is 4.79 Å². The summed E-state index contributed by atoms with van der Waals surface area (Å²) in [6.07, 6.45) is 4.33. The number of benzene rings is 1. The van der Waals surface area contributed by atoms with Gasteiger partial charge in [-0.05, 0) is 61.7 Å². The number of pyridine rings is 1. The SMILES string of the molecule is Cc1nc(-c2ccc(Cc3cc(C(=O)NC4CC(C)OC(C)C4)nc4sccc34)cc2)co1. The number of aromatic nitrogens is 2. The van der Waals surface area contributed by atoms with E-state index in [0.29, 0.717) is 11.6 Å². The van der Waals surface area contributed by atoms with Crippen LogP contribution in [-0.4, -0.2) is 34.1 Å². The van der Waals surface area contributed by atoms with E-state index in [9.17, 15) is 4.79 Å². The molecule has 3 aromatic heterocycles. The van der Waals surface area contributed by atoms with Gasteiger partial charge in [0.05, 0.1) is 12.2 Å². The molecular formula is C26H27N3O3S. The lowest BCUT2D eigenvalue weighted by molar-refractivity contribution is -0.0408. The number of amides is 1. The van der Waals surface area contributed by atoms with Crippen molar-refractivity contribution in [3.8, 4) is 11.3 Å². The second kappa shape index (κ2) is 9.08. The van der Waals surface area contributed by atoms with Crippen molar-refractivity contribution in [2.24, 2.45) is 0 Å². The fourth-order valence-corrected chi connectivity index (χ4v) is 5.38. The Morgan fingerprint density at radius 1 is 1.12 bits per heavy atom. The molecule has 4 heterocycles. The first-order valence-corrected chi connectivity index (χ1v) is 12.2. The number of oxazole rings is 1. The van der Waals surface area contributed by atoms with E-state index in [2.05, 4.69) is 59.5 Å². The van der Waals surface area contributed by atoms with Gasteiger partial charge in [-0.1, -0.05) is 24.3 Å². The van der Waals surface area contributed by atoms with Gasteiger partial charge < -0.3 is 14.5 Å². The van der Waals surface area contributed by atoms with Crippen LogP contribution in [-0.2, 0) is 11.2 Å². The first kappa shape index (κ1) is 21.8. The van der Waals surface area contributed by atoms with Crippen molar-refractivity contribution < 1.29 is 13.9 Å². The van der Waals surface area contributed by atoms with Gasteiger partial charge in [-0.2, -0.15) is 0 Å². The van der Waals surface area contributed by atoms with Crippen molar-refractivity contribution in [3.05, 3.63) is 70.8 Å². The summed E-state index contributed by atoms with van der Waals surface area (Å²) in [4.78, 5) is 23.0. The number of rotatable bonds is 5. The summed E-state index contributed by atoms with van der Waals surface area (Å²) in [5.41, 5.74) is 4.59. The molecule has 0 radical (unpaired) electrons. The summed E-state index contributed by atoms with van der Waals surface area (Å²) in [5, 5.41) is 6.31. The molecule has 5 rings (SSSR count). The smallest absolute Gasteiger partial charge is 0.270 e. The molecule has 1 amide bonds. The molecule has 4 aromatic rings. The van der Waals surface area contributed by atoms with Crippen molar-refractivity contribution in [2.45, 2.75) is 58.3 Å². The topological polar surface area (TPSA) is 77.2 Å². The van der Waals surface area contributed by atoms with Crippen molar-refractivity contribution in [3.63, 3.8) is 0 Å². The van der Waals surface area contributed by atoms with Crippen LogP contribution >= 0.6 is 11.3 Å². The molecular weight excluding hydrogens is 434 g/mol. The largest absolute Gasteiger partial charge is 0.449 e. The maximum atomic E-state index is 13.1.